The average molecular weight is 324 g/mol. The Balaban J connectivity index is 1.71. The van der Waals surface area contributed by atoms with Gasteiger partial charge in [0.1, 0.15) is 0 Å². The highest BCUT2D eigenvalue weighted by atomic mass is 35.5. The van der Waals surface area contributed by atoms with E-state index in [2.05, 4.69) is 0 Å². The number of ether oxygens (including phenoxy) is 1. The van der Waals surface area contributed by atoms with Gasteiger partial charge in [-0.05, 0) is 30.5 Å². The molecule has 3 rings (SSSR count). The molecule has 22 heavy (non-hydrogen) atoms. The van der Waals surface area contributed by atoms with E-state index in [0.29, 0.717) is 31.2 Å². The van der Waals surface area contributed by atoms with Crippen LogP contribution in [0.25, 0.3) is 0 Å². The van der Waals surface area contributed by atoms with E-state index in [1.54, 1.807) is 0 Å². The zero-order chi connectivity index (χ0) is 15.5. The van der Waals surface area contributed by atoms with Gasteiger partial charge in [0.25, 0.3) is 0 Å². The molecule has 0 spiro atoms. The number of nitrogens with zero attached hydrogens (tertiary/aromatic N) is 1. The number of halogens is 1. The Kier molecular flexibility index (Phi) is 5.01. The molecular formula is C17H22ClNO3. The van der Waals surface area contributed by atoms with Gasteiger partial charge in [-0.25, -0.2) is 0 Å². The van der Waals surface area contributed by atoms with Gasteiger partial charge in [0.05, 0.1) is 31.8 Å². The molecule has 1 aromatic carbocycles. The molecule has 2 fully saturated rings. The fraction of sp³-hybridized carbons (Fsp3) is 0.588. The van der Waals surface area contributed by atoms with Crippen molar-refractivity contribution in [1.82, 2.24) is 4.90 Å². The monoisotopic (exact) mass is 323 g/mol. The number of aliphatic hydroxyl groups excluding tert-OH is 1. The van der Waals surface area contributed by atoms with E-state index in [1.165, 1.54) is 0 Å². The zero-order valence-electron chi connectivity index (χ0n) is 12.6. The summed E-state index contributed by atoms with van der Waals surface area (Å²) in [7, 11) is 0. The molecule has 0 aromatic heterocycles. The zero-order valence-corrected chi connectivity index (χ0v) is 13.3. The molecule has 120 valence electrons. The molecule has 5 heteroatoms. The maximum absolute atomic E-state index is 12.7. The van der Waals surface area contributed by atoms with Crippen LogP contribution >= 0.6 is 11.6 Å². The Morgan fingerprint density at radius 2 is 2.27 bits per heavy atom. The molecule has 1 aliphatic carbocycles. The van der Waals surface area contributed by atoms with Gasteiger partial charge in [-0.2, -0.15) is 0 Å². The summed E-state index contributed by atoms with van der Waals surface area (Å²) in [4.78, 5) is 14.6. The van der Waals surface area contributed by atoms with E-state index >= 15 is 0 Å². The van der Waals surface area contributed by atoms with Crippen molar-refractivity contribution in [3.8, 4) is 0 Å². The van der Waals surface area contributed by atoms with Crippen LogP contribution in [0.4, 0.5) is 0 Å². The number of benzene rings is 1. The van der Waals surface area contributed by atoms with E-state index in [4.69, 9.17) is 16.3 Å². The average Bonchev–Trinajstić information content (AvgIpc) is 2.93. The SMILES string of the molecule is O=C(Cc1cccc(Cl)c1)N1CCOC[C@@H]1[C@@H]1CCC[C@@H]1O. The number of amides is 1. The first kappa shape index (κ1) is 15.8. The lowest BCUT2D eigenvalue weighted by atomic mass is 9.93. The van der Waals surface area contributed by atoms with Crippen molar-refractivity contribution in [2.45, 2.75) is 37.8 Å². The minimum Gasteiger partial charge on any atom is -0.393 e. The summed E-state index contributed by atoms with van der Waals surface area (Å²) in [6.45, 7) is 1.71. The lowest BCUT2D eigenvalue weighted by molar-refractivity contribution is -0.143. The van der Waals surface area contributed by atoms with E-state index < -0.39 is 0 Å². The highest BCUT2D eigenvalue weighted by Crippen LogP contribution is 2.32. The summed E-state index contributed by atoms with van der Waals surface area (Å²) in [5.41, 5.74) is 0.926. The quantitative estimate of drug-likeness (QED) is 0.928. The van der Waals surface area contributed by atoms with Crippen LogP contribution in [0.3, 0.4) is 0 Å². The van der Waals surface area contributed by atoms with Gasteiger partial charge in [-0.1, -0.05) is 30.2 Å². The van der Waals surface area contributed by atoms with Gasteiger partial charge < -0.3 is 14.7 Å². The van der Waals surface area contributed by atoms with Crippen LogP contribution in [0.1, 0.15) is 24.8 Å². The van der Waals surface area contributed by atoms with Gasteiger partial charge in [0.2, 0.25) is 5.91 Å². The number of rotatable bonds is 3. The third-order valence-corrected chi connectivity index (χ3v) is 4.99. The Labute approximate surface area is 136 Å². The molecule has 0 radical (unpaired) electrons. The normalized spacial score (nSPS) is 28.8. The number of carbonyl (C=O) groups is 1. The summed E-state index contributed by atoms with van der Waals surface area (Å²) in [6.07, 6.45) is 2.86. The van der Waals surface area contributed by atoms with Crippen molar-refractivity contribution in [1.29, 1.82) is 0 Å². The molecular weight excluding hydrogens is 302 g/mol. The van der Waals surface area contributed by atoms with Crippen LogP contribution in [0.15, 0.2) is 24.3 Å². The molecule has 1 saturated carbocycles. The Hall–Kier alpha value is -1.10. The van der Waals surface area contributed by atoms with E-state index in [9.17, 15) is 9.90 Å². The summed E-state index contributed by atoms with van der Waals surface area (Å²) in [6, 6.07) is 7.42. The molecule has 0 unspecified atom stereocenters. The van der Waals surface area contributed by atoms with Crippen LogP contribution in [-0.2, 0) is 16.0 Å². The first-order valence-electron chi connectivity index (χ1n) is 7.95. The Bertz CT molecular complexity index is 536. The minimum atomic E-state index is -0.312. The van der Waals surface area contributed by atoms with Gasteiger partial charge in [-0.3, -0.25) is 4.79 Å². The third kappa shape index (κ3) is 3.45. The summed E-state index contributed by atoms with van der Waals surface area (Å²) < 4.78 is 5.57. The standard InChI is InChI=1S/C17H22ClNO3/c18-13-4-1-3-12(9-13)10-17(21)19-7-8-22-11-15(19)14-5-2-6-16(14)20/h1,3-4,9,14-16,20H,2,5-8,10-11H2/t14-,15+,16-/m0/s1. The summed E-state index contributed by atoms with van der Waals surface area (Å²) in [5, 5.41) is 10.8. The van der Waals surface area contributed by atoms with E-state index in [-0.39, 0.29) is 24.0 Å². The third-order valence-electron chi connectivity index (χ3n) is 4.76. The number of morpholine rings is 1. The van der Waals surface area contributed by atoms with E-state index in [1.807, 2.05) is 29.2 Å². The number of hydrogen-bond acceptors (Lipinski definition) is 3. The largest absolute Gasteiger partial charge is 0.393 e. The van der Waals surface area contributed by atoms with Crippen LogP contribution in [-0.4, -0.2) is 47.8 Å². The Morgan fingerprint density at radius 1 is 1.41 bits per heavy atom. The van der Waals surface area contributed by atoms with Crippen LogP contribution < -0.4 is 0 Å². The molecule has 1 heterocycles. The second-order valence-electron chi connectivity index (χ2n) is 6.20. The first-order chi connectivity index (χ1) is 10.6. The molecule has 4 nitrogen and oxygen atoms in total. The first-order valence-corrected chi connectivity index (χ1v) is 8.32. The van der Waals surface area contributed by atoms with Gasteiger partial charge >= 0.3 is 0 Å². The number of aliphatic hydroxyl groups is 1. The van der Waals surface area contributed by atoms with Gasteiger partial charge in [0, 0.05) is 17.5 Å². The molecule has 2 aliphatic rings. The molecule has 3 atom stereocenters. The minimum absolute atomic E-state index is 0.00191. The van der Waals surface area contributed by atoms with E-state index in [0.717, 1.165) is 24.8 Å². The van der Waals surface area contributed by atoms with Crippen LogP contribution in [0.5, 0.6) is 0 Å². The van der Waals surface area contributed by atoms with Crippen molar-refractivity contribution >= 4 is 17.5 Å². The second kappa shape index (κ2) is 6.99. The smallest absolute Gasteiger partial charge is 0.227 e. The van der Waals surface area contributed by atoms with Crippen LogP contribution in [0, 0.1) is 5.92 Å². The fourth-order valence-corrected chi connectivity index (χ4v) is 3.84. The van der Waals surface area contributed by atoms with Gasteiger partial charge in [0.15, 0.2) is 0 Å². The second-order valence-corrected chi connectivity index (χ2v) is 6.63. The van der Waals surface area contributed by atoms with Crippen molar-refractivity contribution < 1.29 is 14.6 Å². The topological polar surface area (TPSA) is 49.8 Å². The molecule has 0 bridgehead atoms. The lowest BCUT2D eigenvalue weighted by Gasteiger charge is -2.40. The van der Waals surface area contributed by atoms with Crippen molar-refractivity contribution in [2.24, 2.45) is 5.92 Å². The Morgan fingerprint density at radius 3 is 3.00 bits per heavy atom. The predicted molar refractivity (Wildman–Crippen MR) is 84.8 cm³/mol. The predicted octanol–water partition coefficient (Wildman–Crippen LogP) is 2.27. The van der Waals surface area contributed by atoms with Crippen LogP contribution in [0.2, 0.25) is 5.02 Å². The molecule has 1 saturated heterocycles. The lowest BCUT2D eigenvalue weighted by Crippen LogP contribution is -2.54. The van der Waals surface area contributed by atoms with Crippen molar-refractivity contribution in [2.75, 3.05) is 19.8 Å². The number of hydrogen-bond donors (Lipinski definition) is 1. The molecule has 1 N–H and O–H groups in total. The molecule has 1 aromatic rings. The summed E-state index contributed by atoms with van der Waals surface area (Å²) in [5.74, 6) is 0.235. The summed E-state index contributed by atoms with van der Waals surface area (Å²) >= 11 is 5.99. The van der Waals surface area contributed by atoms with Gasteiger partial charge in [-0.15, -0.1) is 0 Å². The fourth-order valence-electron chi connectivity index (χ4n) is 3.63. The molecule has 1 amide bonds. The maximum atomic E-state index is 12.7. The van der Waals surface area contributed by atoms with Crippen molar-refractivity contribution in [3.63, 3.8) is 0 Å². The molecule has 1 aliphatic heterocycles. The highest BCUT2D eigenvalue weighted by molar-refractivity contribution is 6.30. The number of carbonyl (C=O) groups excluding carboxylic acids is 1. The van der Waals surface area contributed by atoms with Crippen molar-refractivity contribution in [3.05, 3.63) is 34.9 Å². The maximum Gasteiger partial charge on any atom is 0.227 e. The highest BCUT2D eigenvalue weighted by Gasteiger charge is 2.39.